The highest BCUT2D eigenvalue weighted by Crippen LogP contribution is 2.23. The number of para-hydroxylation sites is 1. The van der Waals surface area contributed by atoms with Crippen LogP contribution < -0.4 is 9.64 Å². The Labute approximate surface area is 134 Å². The van der Waals surface area contributed by atoms with Crippen LogP contribution in [0, 0.1) is 11.3 Å². The zero-order chi connectivity index (χ0) is 15.4. The number of rotatable bonds is 3. The standard InChI is InChI=1S/C16H15ClN4O/c17-14-10-16(20-15(11-18)19-14)21-8-6-13(7-9-21)22-12-4-2-1-3-5-12/h1-5,10,13H,6-9H2. The summed E-state index contributed by atoms with van der Waals surface area (Å²) in [6, 6.07) is 13.5. The number of piperidine rings is 1. The van der Waals surface area contributed by atoms with Crippen LogP contribution in [0.2, 0.25) is 5.15 Å². The number of ether oxygens (including phenoxy) is 1. The first kappa shape index (κ1) is 14.6. The lowest BCUT2D eigenvalue weighted by atomic mass is 10.1. The van der Waals surface area contributed by atoms with Crippen LogP contribution in [0.5, 0.6) is 5.75 Å². The molecule has 3 rings (SSSR count). The summed E-state index contributed by atoms with van der Waals surface area (Å²) in [4.78, 5) is 10.2. The molecule has 1 aromatic heterocycles. The number of benzene rings is 1. The number of hydrogen-bond acceptors (Lipinski definition) is 5. The van der Waals surface area contributed by atoms with Crippen LogP contribution in [0.3, 0.4) is 0 Å². The van der Waals surface area contributed by atoms with Gasteiger partial charge in [-0.05, 0) is 12.1 Å². The van der Waals surface area contributed by atoms with Crippen LogP contribution in [-0.2, 0) is 0 Å². The number of halogens is 1. The summed E-state index contributed by atoms with van der Waals surface area (Å²) in [5.74, 6) is 1.71. The van der Waals surface area contributed by atoms with Crippen molar-refractivity contribution in [1.29, 1.82) is 5.26 Å². The summed E-state index contributed by atoms with van der Waals surface area (Å²) in [5, 5.41) is 9.21. The van der Waals surface area contributed by atoms with Crippen molar-refractivity contribution in [1.82, 2.24) is 9.97 Å². The third-order valence-corrected chi connectivity index (χ3v) is 3.79. The van der Waals surface area contributed by atoms with Gasteiger partial charge in [-0.1, -0.05) is 29.8 Å². The van der Waals surface area contributed by atoms with E-state index in [4.69, 9.17) is 21.6 Å². The molecule has 1 saturated heterocycles. The van der Waals surface area contributed by atoms with E-state index in [1.165, 1.54) is 0 Å². The van der Waals surface area contributed by atoms with Crippen molar-refractivity contribution in [3.8, 4) is 11.8 Å². The zero-order valence-corrected chi connectivity index (χ0v) is 12.7. The maximum absolute atomic E-state index is 8.92. The van der Waals surface area contributed by atoms with Crippen LogP contribution in [-0.4, -0.2) is 29.2 Å². The van der Waals surface area contributed by atoms with Crippen molar-refractivity contribution in [2.45, 2.75) is 18.9 Å². The summed E-state index contributed by atoms with van der Waals surface area (Å²) < 4.78 is 5.97. The molecular formula is C16H15ClN4O. The Balaban J connectivity index is 1.62. The van der Waals surface area contributed by atoms with Gasteiger partial charge in [0.05, 0.1) is 0 Å². The molecule has 0 amide bonds. The quantitative estimate of drug-likeness (QED) is 0.815. The highest BCUT2D eigenvalue weighted by molar-refractivity contribution is 6.29. The molecule has 0 unspecified atom stereocenters. The molecule has 22 heavy (non-hydrogen) atoms. The summed E-state index contributed by atoms with van der Waals surface area (Å²) in [6.07, 6.45) is 2.00. The van der Waals surface area contributed by atoms with E-state index in [0.29, 0.717) is 11.0 Å². The molecule has 0 aliphatic carbocycles. The molecule has 0 atom stereocenters. The maximum Gasteiger partial charge on any atom is 0.235 e. The van der Waals surface area contributed by atoms with Crippen LogP contribution in [0.1, 0.15) is 18.7 Å². The molecule has 1 aromatic carbocycles. The fourth-order valence-corrected chi connectivity index (χ4v) is 2.69. The minimum Gasteiger partial charge on any atom is -0.490 e. The molecule has 2 heterocycles. The fourth-order valence-electron chi connectivity index (χ4n) is 2.51. The van der Waals surface area contributed by atoms with Crippen LogP contribution in [0.25, 0.3) is 0 Å². The van der Waals surface area contributed by atoms with Gasteiger partial charge in [0.15, 0.2) is 0 Å². The molecule has 0 bridgehead atoms. The van der Waals surface area contributed by atoms with E-state index >= 15 is 0 Å². The minimum atomic E-state index is 0.102. The van der Waals surface area contributed by atoms with E-state index in [0.717, 1.165) is 31.7 Å². The molecule has 1 aliphatic heterocycles. The van der Waals surface area contributed by atoms with Crippen LogP contribution in [0.4, 0.5) is 5.82 Å². The largest absolute Gasteiger partial charge is 0.490 e. The molecule has 0 spiro atoms. The number of nitrogens with zero attached hydrogens (tertiary/aromatic N) is 4. The summed E-state index contributed by atoms with van der Waals surface area (Å²) in [5.41, 5.74) is 0. The van der Waals surface area contributed by atoms with Gasteiger partial charge in [-0.3, -0.25) is 0 Å². The second-order valence-electron chi connectivity index (χ2n) is 5.10. The second-order valence-corrected chi connectivity index (χ2v) is 5.49. The first-order chi connectivity index (χ1) is 10.7. The van der Waals surface area contributed by atoms with E-state index in [-0.39, 0.29) is 11.9 Å². The molecule has 5 nitrogen and oxygen atoms in total. The third-order valence-electron chi connectivity index (χ3n) is 3.59. The lowest BCUT2D eigenvalue weighted by Crippen LogP contribution is -2.38. The van der Waals surface area contributed by atoms with Gasteiger partial charge in [-0.2, -0.15) is 5.26 Å². The van der Waals surface area contributed by atoms with E-state index < -0.39 is 0 Å². The van der Waals surface area contributed by atoms with Crippen molar-refractivity contribution in [2.24, 2.45) is 0 Å². The normalized spacial score (nSPS) is 15.4. The lowest BCUT2D eigenvalue weighted by Gasteiger charge is -2.32. The topological polar surface area (TPSA) is 62.0 Å². The minimum absolute atomic E-state index is 0.102. The molecule has 0 radical (unpaired) electrons. The number of hydrogen-bond donors (Lipinski definition) is 0. The molecule has 1 fully saturated rings. The van der Waals surface area contributed by atoms with E-state index in [9.17, 15) is 0 Å². The molecule has 112 valence electrons. The van der Waals surface area contributed by atoms with Gasteiger partial charge >= 0.3 is 0 Å². The highest BCUT2D eigenvalue weighted by atomic mass is 35.5. The highest BCUT2D eigenvalue weighted by Gasteiger charge is 2.22. The van der Waals surface area contributed by atoms with Crippen molar-refractivity contribution in [3.63, 3.8) is 0 Å². The Morgan fingerprint density at radius 1 is 1.18 bits per heavy atom. The molecule has 2 aromatic rings. The van der Waals surface area contributed by atoms with Crippen LogP contribution in [0.15, 0.2) is 36.4 Å². The van der Waals surface area contributed by atoms with Gasteiger partial charge in [0.1, 0.15) is 28.9 Å². The number of anilines is 1. The zero-order valence-electron chi connectivity index (χ0n) is 11.9. The molecule has 1 aliphatic rings. The van der Waals surface area contributed by atoms with Crippen molar-refractivity contribution < 1.29 is 4.74 Å². The Bertz CT molecular complexity index is 678. The molecule has 0 N–H and O–H groups in total. The Kier molecular flexibility index (Phi) is 4.40. The molecular weight excluding hydrogens is 300 g/mol. The van der Waals surface area contributed by atoms with Gasteiger partial charge in [0.2, 0.25) is 5.82 Å². The summed E-state index contributed by atoms with van der Waals surface area (Å²) >= 11 is 5.93. The van der Waals surface area contributed by atoms with Gasteiger partial charge in [-0.25, -0.2) is 9.97 Å². The lowest BCUT2D eigenvalue weighted by molar-refractivity contribution is 0.170. The average Bonchev–Trinajstić information content (AvgIpc) is 2.56. The summed E-state index contributed by atoms with van der Waals surface area (Å²) in [6.45, 7) is 1.63. The van der Waals surface area contributed by atoms with E-state index in [1.54, 1.807) is 6.07 Å². The number of nitriles is 1. The van der Waals surface area contributed by atoms with Crippen LogP contribution >= 0.6 is 11.6 Å². The van der Waals surface area contributed by atoms with Gasteiger partial charge in [0.25, 0.3) is 0 Å². The van der Waals surface area contributed by atoms with Crippen molar-refractivity contribution >= 4 is 17.4 Å². The Morgan fingerprint density at radius 3 is 2.59 bits per heavy atom. The summed E-state index contributed by atoms with van der Waals surface area (Å²) in [7, 11) is 0. The van der Waals surface area contributed by atoms with Crippen molar-refractivity contribution in [2.75, 3.05) is 18.0 Å². The number of aromatic nitrogens is 2. The monoisotopic (exact) mass is 314 g/mol. The first-order valence-electron chi connectivity index (χ1n) is 7.16. The third kappa shape index (κ3) is 3.46. The first-order valence-corrected chi connectivity index (χ1v) is 7.54. The van der Waals surface area contributed by atoms with Gasteiger partial charge < -0.3 is 9.64 Å². The van der Waals surface area contributed by atoms with Crippen molar-refractivity contribution in [3.05, 3.63) is 47.4 Å². The average molecular weight is 315 g/mol. The fraction of sp³-hybridized carbons (Fsp3) is 0.312. The molecule has 6 heteroatoms. The van der Waals surface area contributed by atoms with Gasteiger partial charge in [0, 0.05) is 32.0 Å². The second kappa shape index (κ2) is 6.63. The SMILES string of the molecule is N#Cc1nc(Cl)cc(N2CCC(Oc3ccccc3)CC2)n1. The Hall–Kier alpha value is -2.32. The smallest absolute Gasteiger partial charge is 0.235 e. The predicted molar refractivity (Wildman–Crippen MR) is 84.1 cm³/mol. The maximum atomic E-state index is 8.92. The predicted octanol–water partition coefficient (Wildman–Crippen LogP) is 3.05. The Morgan fingerprint density at radius 2 is 1.91 bits per heavy atom. The molecule has 0 saturated carbocycles. The van der Waals surface area contributed by atoms with Gasteiger partial charge in [-0.15, -0.1) is 0 Å². The van der Waals surface area contributed by atoms with E-state index in [2.05, 4.69) is 14.9 Å². The van der Waals surface area contributed by atoms with E-state index in [1.807, 2.05) is 36.4 Å².